The molecule has 0 radical (unpaired) electrons. The Kier molecular flexibility index (Phi) is 5.12. The number of rotatable bonds is 5. The van der Waals surface area contributed by atoms with Gasteiger partial charge in [0.1, 0.15) is 18.1 Å². The average Bonchev–Trinajstić information content (AvgIpc) is 3.31. The lowest BCUT2D eigenvalue weighted by Gasteiger charge is -2.14. The van der Waals surface area contributed by atoms with Gasteiger partial charge in [0.05, 0.1) is 11.7 Å². The summed E-state index contributed by atoms with van der Waals surface area (Å²) in [4.78, 5) is 26.9. The highest BCUT2D eigenvalue weighted by atomic mass is 16.5. The summed E-state index contributed by atoms with van der Waals surface area (Å²) < 4.78 is 11.2. The fourth-order valence-electron chi connectivity index (χ4n) is 2.46. The van der Waals surface area contributed by atoms with Crippen molar-refractivity contribution in [3.63, 3.8) is 0 Å². The largest absolute Gasteiger partial charge is 0.490 e. The highest BCUT2D eigenvalue weighted by Gasteiger charge is 2.18. The van der Waals surface area contributed by atoms with Crippen molar-refractivity contribution in [1.82, 2.24) is 15.8 Å². The molecule has 1 atom stereocenters. The lowest BCUT2D eigenvalue weighted by Crippen LogP contribution is -2.41. The molecule has 3 N–H and O–H groups in total. The van der Waals surface area contributed by atoms with Crippen molar-refractivity contribution in [2.45, 2.75) is 18.9 Å². The van der Waals surface area contributed by atoms with E-state index in [0.29, 0.717) is 23.6 Å². The quantitative estimate of drug-likeness (QED) is 0.727. The van der Waals surface area contributed by atoms with Crippen LogP contribution in [-0.2, 0) is 4.74 Å². The lowest BCUT2D eigenvalue weighted by atomic mass is 10.2. The molecule has 0 spiro atoms. The Morgan fingerprint density at radius 1 is 1.17 bits per heavy atom. The van der Waals surface area contributed by atoms with Gasteiger partial charge < -0.3 is 14.5 Å². The summed E-state index contributed by atoms with van der Waals surface area (Å²) in [6, 6.07) is 10.2. The maximum absolute atomic E-state index is 12.3. The molecule has 1 unspecified atom stereocenters. The molecule has 1 aromatic carbocycles. The molecule has 1 fully saturated rings. The maximum Gasteiger partial charge on any atom is 0.286 e. The zero-order valence-electron chi connectivity index (χ0n) is 13.1. The Hall–Kier alpha value is -2.80. The number of amides is 2. The highest BCUT2D eigenvalue weighted by molar-refractivity contribution is 5.99. The van der Waals surface area contributed by atoms with Crippen LogP contribution in [0.4, 0.5) is 0 Å². The first-order valence-electron chi connectivity index (χ1n) is 7.81. The van der Waals surface area contributed by atoms with Crippen LogP contribution in [0.3, 0.4) is 0 Å². The summed E-state index contributed by atoms with van der Waals surface area (Å²) in [6.45, 7) is 1.15. The summed E-state index contributed by atoms with van der Waals surface area (Å²) in [6.07, 6.45) is 3.68. The van der Waals surface area contributed by atoms with Gasteiger partial charge in [0.25, 0.3) is 11.8 Å². The van der Waals surface area contributed by atoms with Crippen LogP contribution in [0, 0.1) is 0 Å². The third-order valence-corrected chi connectivity index (χ3v) is 3.71. The van der Waals surface area contributed by atoms with E-state index in [2.05, 4.69) is 15.8 Å². The molecule has 0 saturated carbocycles. The van der Waals surface area contributed by atoms with Crippen molar-refractivity contribution in [3.05, 3.63) is 53.9 Å². The summed E-state index contributed by atoms with van der Waals surface area (Å²) >= 11 is 0. The molecule has 2 heterocycles. The standard InChI is InChI=1S/C17H19N3O4/c21-16(19-20-17(22)14-7-3-9-18-14)13-6-1-2-8-15(13)24-11-12-5-4-10-23-12/h1-3,6-9,12,18H,4-5,10-11H2,(H,19,21)(H,20,22). The minimum absolute atomic E-state index is 0.0636. The third kappa shape index (κ3) is 3.94. The molecular weight excluding hydrogens is 310 g/mol. The Morgan fingerprint density at radius 2 is 2.00 bits per heavy atom. The molecule has 0 aliphatic carbocycles. The predicted molar refractivity (Wildman–Crippen MR) is 86.6 cm³/mol. The molecule has 1 aromatic heterocycles. The number of aromatic amines is 1. The van der Waals surface area contributed by atoms with E-state index in [-0.39, 0.29) is 6.10 Å². The molecule has 126 valence electrons. The molecule has 3 rings (SSSR count). The number of benzene rings is 1. The van der Waals surface area contributed by atoms with E-state index < -0.39 is 11.8 Å². The first-order chi connectivity index (χ1) is 11.7. The second kappa shape index (κ2) is 7.65. The van der Waals surface area contributed by atoms with Gasteiger partial charge in [-0.2, -0.15) is 0 Å². The van der Waals surface area contributed by atoms with Gasteiger partial charge in [-0.1, -0.05) is 12.1 Å². The van der Waals surface area contributed by atoms with Crippen LogP contribution in [0.5, 0.6) is 5.75 Å². The van der Waals surface area contributed by atoms with Gasteiger partial charge in [0, 0.05) is 12.8 Å². The smallest absolute Gasteiger partial charge is 0.286 e. The number of carbonyl (C=O) groups is 2. The molecular formula is C17H19N3O4. The van der Waals surface area contributed by atoms with E-state index in [0.717, 1.165) is 19.4 Å². The Labute approximate surface area is 139 Å². The summed E-state index contributed by atoms with van der Waals surface area (Å²) in [5, 5.41) is 0. The maximum atomic E-state index is 12.3. The van der Waals surface area contributed by atoms with E-state index in [1.54, 1.807) is 42.6 Å². The predicted octanol–water partition coefficient (Wildman–Crippen LogP) is 1.65. The van der Waals surface area contributed by atoms with Crippen molar-refractivity contribution in [2.75, 3.05) is 13.2 Å². The zero-order valence-corrected chi connectivity index (χ0v) is 13.1. The molecule has 2 amide bonds. The van der Waals surface area contributed by atoms with Crippen molar-refractivity contribution in [2.24, 2.45) is 0 Å². The van der Waals surface area contributed by atoms with E-state index in [1.165, 1.54) is 0 Å². The number of ether oxygens (including phenoxy) is 2. The fourth-order valence-corrected chi connectivity index (χ4v) is 2.46. The number of nitrogens with one attached hydrogen (secondary N) is 3. The number of hydrogen-bond donors (Lipinski definition) is 3. The average molecular weight is 329 g/mol. The molecule has 2 aromatic rings. The van der Waals surface area contributed by atoms with Crippen LogP contribution >= 0.6 is 0 Å². The Bertz CT molecular complexity index is 694. The number of carbonyl (C=O) groups excluding carboxylic acids is 2. The SMILES string of the molecule is O=C(NNC(=O)c1ccccc1OCC1CCCO1)c1ccc[nH]1. The second-order valence-corrected chi connectivity index (χ2v) is 5.43. The first-order valence-corrected chi connectivity index (χ1v) is 7.81. The van der Waals surface area contributed by atoms with Gasteiger partial charge in [0.15, 0.2) is 0 Å². The van der Waals surface area contributed by atoms with E-state index in [9.17, 15) is 9.59 Å². The van der Waals surface area contributed by atoms with Crippen molar-refractivity contribution >= 4 is 11.8 Å². The number of aromatic nitrogens is 1. The van der Waals surface area contributed by atoms with E-state index in [1.807, 2.05) is 0 Å². The van der Waals surface area contributed by atoms with Gasteiger partial charge in [-0.05, 0) is 37.1 Å². The number of H-pyrrole nitrogens is 1. The molecule has 7 heteroatoms. The molecule has 7 nitrogen and oxygen atoms in total. The van der Waals surface area contributed by atoms with Gasteiger partial charge in [0.2, 0.25) is 0 Å². The van der Waals surface area contributed by atoms with Gasteiger partial charge in [-0.3, -0.25) is 20.4 Å². The zero-order chi connectivity index (χ0) is 16.8. The third-order valence-electron chi connectivity index (χ3n) is 3.71. The highest BCUT2D eigenvalue weighted by Crippen LogP contribution is 2.20. The van der Waals surface area contributed by atoms with E-state index in [4.69, 9.17) is 9.47 Å². The van der Waals surface area contributed by atoms with Crippen LogP contribution in [-0.4, -0.2) is 36.1 Å². The summed E-state index contributed by atoms with van der Waals surface area (Å²) in [7, 11) is 0. The number of para-hydroxylation sites is 1. The molecule has 1 saturated heterocycles. The summed E-state index contributed by atoms with van der Waals surface area (Å²) in [5.41, 5.74) is 5.45. The van der Waals surface area contributed by atoms with Crippen LogP contribution in [0.1, 0.15) is 33.7 Å². The van der Waals surface area contributed by atoms with Crippen LogP contribution in [0.2, 0.25) is 0 Å². The van der Waals surface area contributed by atoms with Crippen molar-refractivity contribution in [3.8, 4) is 5.75 Å². The van der Waals surface area contributed by atoms with Crippen molar-refractivity contribution < 1.29 is 19.1 Å². The normalized spacial score (nSPS) is 16.6. The molecule has 1 aliphatic heterocycles. The Morgan fingerprint density at radius 3 is 2.75 bits per heavy atom. The summed E-state index contributed by atoms with van der Waals surface area (Å²) in [5.74, 6) is -0.413. The van der Waals surface area contributed by atoms with Crippen LogP contribution < -0.4 is 15.6 Å². The Balaban J connectivity index is 1.58. The van der Waals surface area contributed by atoms with Gasteiger partial charge in [-0.15, -0.1) is 0 Å². The lowest BCUT2D eigenvalue weighted by molar-refractivity contribution is 0.0669. The van der Waals surface area contributed by atoms with Crippen LogP contribution in [0.15, 0.2) is 42.6 Å². The topological polar surface area (TPSA) is 92.5 Å². The van der Waals surface area contributed by atoms with E-state index >= 15 is 0 Å². The fraction of sp³-hybridized carbons (Fsp3) is 0.294. The number of hydrazine groups is 1. The second-order valence-electron chi connectivity index (χ2n) is 5.43. The van der Waals surface area contributed by atoms with Gasteiger partial charge >= 0.3 is 0 Å². The minimum Gasteiger partial charge on any atom is -0.490 e. The molecule has 24 heavy (non-hydrogen) atoms. The first kappa shape index (κ1) is 16.1. The van der Waals surface area contributed by atoms with Gasteiger partial charge in [-0.25, -0.2) is 0 Å². The molecule has 1 aliphatic rings. The monoisotopic (exact) mass is 329 g/mol. The number of hydrogen-bond acceptors (Lipinski definition) is 4. The minimum atomic E-state index is -0.446. The molecule has 0 bridgehead atoms. The van der Waals surface area contributed by atoms with Crippen molar-refractivity contribution in [1.29, 1.82) is 0 Å². The van der Waals surface area contributed by atoms with Crippen LogP contribution in [0.25, 0.3) is 0 Å².